The number of hydrogen-bond donors (Lipinski definition) is 1. The highest BCUT2D eigenvalue weighted by molar-refractivity contribution is 5.60. The summed E-state index contributed by atoms with van der Waals surface area (Å²) in [7, 11) is 4.94. The molecule has 0 unspecified atom stereocenters. The van der Waals surface area contributed by atoms with Crippen molar-refractivity contribution in [3.05, 3.63) is 17.2 Å². The SMILES string of the molecule is COc1cc2c(c(OC)c1OC)CNC(C)(C)C2. The summed E-state index contributed by atoms with van der Waals surface area (Å²) in [6, 6.07) is 2.05. The Hall–Kier alpha value is -1.42. The third-order valence-corrected chi connectivity index (χ3v) is 3.40. The van der Waals surface area contributed by atoms with Crippen molar-refractivity contribution in [2.24, 2.45) is 0 Å². The lowest BCUT2D eigenvalue weighted by Gasteiger charge is -2.34. The van der Waals surface area contributed by atoms with Crippen molar-refractivity contribution < 1.29 is 14.2 Å². The summed E-state index contributed by atoms with van der Waals surface area (Å²) in [5.74, 6) is 2.17. The van der Waals surface area contributed by atoms with Crippen LogP contribution in [0.15, 0.2) is 6.07 Å². The molecule has 0 fully saturated rings. The van der Waals surface area contributed by atoms with Crippen molar-refractivity contribution in [3.63, 3.8) is 0 Å². The molecule has 0 aliphatic carbocycles. The molecule has 0 amide bonds. The normalized spacial score (nSPS) is 16.9. The van der Waals surface area contributed by atoms with Gasteiger partial charge < -0.3 is 19.5 Å². The van der Waals surface area contributed by atoms with Gasteiger partial charge in [0.05, 0.1) is 21.3 Å². The first-order valence-corrected chi connectivity index (χ1v) is 6.08. The molecule has 0 saturated heterocycles. The number of hydrogen-bond acceptors (Lipinski definition) is 4. The highest BCUT2D eigenvalue weighted by Gasteiger charge is 2.29. The minimum atomic E-state index is 0.0949. The summed E-state index contributed by atoms with van der Waals surface area (Å²) in [5, 5.41) is 3.50. The van der Waals surface area contributed by atoms with Crippen LogP contribution >= 0.6 is 0 Å². The quantitative estimate of drug-likeness (QED) is 0.893. The number of benzene rings is 1. The first kappa shape index (κ1) is 13.0. The standard InChI is InChI=1S/C14H21NO3/c1-14(2)7-9-6-11(16-3)13(18-5)12(17-4)10(9)8-15-14/h6,15H,7-8H2,1-5H3. The molecule has 1 aromatic rings. The lowest BCUT2D eigenvalue weighted by Crippen LogP contribution is -2.44. The van der Waals surface area contributed by atoms with E-state index in [0.29, 0.717) is 5.75 Å². The average Bonchev–Trinajstić information content (AvgIpc) is 2.34. The van der Waals surface area contributed by atoms with Crippen LogP contribution < -0.4 is 19.5 Å². The molecule has 4 heteroatoms. The summed E-state index contributed by atoms with van der Waals surface area (Å²) in [6.45, 7) is 5.17. The van der Waals surface area contributed by atoms with E-state index in [1.807, 2.05) is 0 Å². The summed E-state index contributed by atoms with van der Waals surface area (Å²) >= 11 is 0. The van der Waals surface area contributed by atoms with Crippen LogP contribution in [0.2, 0.25) is 0 Å². The molecule has 0 spiro atoms. The second kappa shape index (κ2) is 4.69. The van der Waals surface area contributed by atoms with Crippen molar-refractivity contribution in [2.45, 2.75) is 32.4 Å². The largest absolute Gasteiger partial charge is 0.493 e. The third kappa shape index (κ3) is 2.12. The van der Waals surface area contributed by atoms with E-state index < -0.39 is 0 Å². The Kier molecular flexibility index (Phi) is 3.39. The fourth-order valence-corrected chi connectivity index (χ4v) is 2.48. The van der Waals surface area contributed by atoms with Crippen LogP contribution in [0.4, 0.5) is 0 Å². The van der Waals surface area contributed by atoms with Gasteiger partial charge in [0.1, 0.15) is 0 Å². The van der Waals surface area contributed by atoms with Gasteiger partial charge in [0, 0.05) is 17.6 Å². The van der Waals surface area contributed by atoms with E-state index in [1.54, 1.807) is 21.3 Å². The highest BCUT2D eigenvalue weighted by Crippen LogP contribution is 2.44. The molecule has 1 aliphatic heterocycles. The third-order valence-electron chi connectivity index (χ3n) is 3.40. The molecule has 1 aromatic carbocycles. The summed E-state index contributed by atoms with van der Waals surface area (Å²) < 4.78 is 16.3. The number of methoxy groups -OCH3 is 3. The maximum atomic E-state index is 5.50. The molecule has 4 nitrogen and oxygen atoms in total. The van der Waals surface area contributed by atoms with Crippen molar-refractivity contribution in [1.29, 1.82) is 0 Å². The van der Waals surface area contributed by atoms with E-state index in [4.69, 9.17) is 14.2 Å². The number of ether oxygens (including phenoxy) is 3. The van der Waals surface area contributed by atoms with E-state index in [-0.39, 0.29) is 5.54 Å². The Bertz CT molecular complexity index is 455. The van der Waals surface area contributed by atoms with Crippen LogP contribution in [-0.4, -0.2) is 26.9 Å². The van der Waals surface area contributed by atoms with Gasteiger partial charge >= 0.3 is 0 Å². The summed E-state index contributed by atoms with van der Waals surface area (Å²) in [4.78, 5) is 0. The second-order valence-electron chi connectivity index (χ2n) is 5.20. The summed E-state index contributed by atoms with van der Waals surface area (Å²) in [6.07, 6.45) is 0.943. The highest BCUT2D eigenvalue weighted by atomic mass is 16.5. The van der Waals surface area contributed by atoms with Crippen LogP contribution in [0.25, 0.3) is 0 Å². The van der Waals surface area contributed by atoms with Gasteiger partial charge in [-0.2, -0.15) is 0 Å². The average molecular weight is 251 g/mol. The van der Waals surface area contributed by atoms with Gasteiger partial charge in [-0.05, 0) is 31.9 Å². The topological polar surface area (TPSA) is 39.7 Å². The predicted molar refractivity (Wildman–Crippen MR) is 70.7 cm³/mol. The fraction of sp³-hybridized carbons (Fsp3) is 0.571. The first-order valence-electron chi connectivity index (χ1n) is 6.08. The molecule has 1 N–H and O–H groups in total. The lowest BCUT2D eigenvalue weighted by molar-refractivity contribution is 0.308. The van der Waals surface area contributed by atoms with Crippen molar-refractivity contribution in [1.82, 2.24) is 5.32 Å². The number of fused-ring (bicyclic) bond motifs is 1. The van der Waals surface area contributed by atoms with Gasteiger partial charge in [-0.3, -0.25) is 0 Å². The van der Waals surface area contributed by atoms with Gasteiger partial charge in [0.25, 0.3) is 0 Å². The molecule has 0 atom stereocenters. The second-order valence-corrected chi connectivity index (χ2v) is 5.20. The Morgan fingerprint density at radius 1 is 1.06 bits per heavy atom. The van der Waals surface area contributed by atoms with Crippen LogP contribution in [0, 0.1) is 0 Å². The van der Waals surface area contributed by atoms with Crippen LogP contribution in [0.5, 0.6) is 17.2 Å². The van der Waals surface area contributed by atoms with Crippen molar-refractivity contribution in [3.8, 4) is 17.2 Å². The zero-order valence-corrected chi connectivity index (χ0v) is 11.7. The monoisotopic (exact) mass is 251 g/mol. The number of rotatable bonds is 3. The molecule has 1 heterocycles. The molecule has 0 aromatic heterocycles. The Balaban J connectivity index is 2.58. The predicted octanol–water partition coefficient (Wildman–Crippen LogP) is 2.14. The van der Waals surface area contributed by atoms with Crippen LogP contribution in [0.3, 0.4) is 0 Å². The Morgan fingerprint density at radius 3 is 2.28 bits per heavy atom. The molecule has 18 heavy (non-hydrogen) atoms. The van der Waals surface area contributed by atoms with E-state index >= 15 is 0 Å². The number of nitrogens with one attached hydrogen (secondary N) is 1. The minimum Gasteiger partial charge on any atom is -0.493 e. The van der Waals surface area contributed by atoms with Gasteiger partial charge in [0.15, 0.2) is 11.5 Å². The van der Waals surface area contributed by atoms with E-state index in [9.17, 15) is 0 Å². The van der Waals surface area contributed by atoms with E-state index in [2.05, 4.69) is 25.2 Å². The maximum Gasteiger partial charge on any atom is 0.203 e. The van der Waals surface area contributed by atoms with Crippen LogP contribution in [0.1, 0.15) is 25.0 Å². The maximum absolute atomic E-state index is 5.50. The summed E-state index contributed by atoms with van der Waals surface area (Å²) in [5.41, 5.74) is 2.51. The molecule has 0 bridgehead atoms. The van der Waals surface area contributed by atoms with Gasteiger partial charge in [-0.15, -0.1) is 0 Å². The molecular weight excluding hydrogens is 230 g/mol. The zero-order chi connectivity index (χ0) is 13.3. The first-order chi connectivity index (χ1) is 8.52. The lowest BCUT2D eigenvalue weighted by atomic mass is 9.87. The van der Waals surface area contributed by atoms with Crippen molar-refractivity contribution >= 4 is 0 Å². The minimum absolute atomic E-state index is 0.0949. The zero-order valence-electron chi connectivity index (χ0n) is 11.7. The van der Waals surface area contributed by atoms with E-state index in [1.165, 1.54) is 5.56 Å². The fourth-order valence-electron chi connectivity index (χ4n) is 2.48. The van der Waals surface area contributed by atoms with Gasteiger partial charge in [0.2, 0.25) is 5.75 Å². The Morgan fingerprint density at radius 2 is 1.72 bits per heavy atom. The van der Waals surface area contributed by atoms with Crippen molar-refractivity contribution in [2.75, 3.05) is 21.3 Å². The molecule has 100 valence electrons. The van der Waals surface area contributed by atoms with E-state index in [0.717, 1.165) is 30.0 Å². The van der Waals surface area contributed by atoms with Gasteiger partial charge in [-0.25, -0.2) is 0 Å². The molecule has 2 rings (SSSR count). The Labute approximate surface area is 108 Å². The van der Waals surface area contributed by atoms with Gasteiger partial charge in [-0.1, -0.05) is 0 Å². The molecule has 0 radical (unpaired) electrons. The van der Waals surface area contributed by atoms with Crippen LogP contribution in [-0.2, 0) is 13.0 Å². The molecule has 1 aliphatic rings. The molecule has 0 saturated carbocycles. The smallest absolute Gasteiger partial charge is 0.203 e. The molecular formula is C14H21NO3.